The highest BCUT2D eigenvalue weighted by molar-refractivity contribution is 6.36. The molecule has 0 aliphatic heterocycles. The molecule has 2 rings (SSSR count). The van der Waals surface area contributed by atoms with Gasteiger partial charge in [-0.1, -0.05) is 41.4 Å². The van der Waals surface area contributed by atoms with Crippen LogP contribution in [0.4, 0.5) is 0 Å². The van der Waals surface area contributed by atoms with Crippen LogP contribution in [0.5, 0.6) is 5.75 Å². The summed E-state index contributed by atoms with van der Waals surface area (Å²) in [6, 6.07) is 15.2. The predicted molar refractivity (Wildman–Crippen MR) is 86.1 cm³/mol. The zero-order valence-corrected chi connectivity index (χ0v) is 13.2. The third-order valence-corrected chi connectivity index (χ3v) is 3.93. The first kappa shape index (κ1) is 15.7. The summed E-state index contributed by atoms with van der Waals surface area (Å²) in [5.41, 5.74) is 1.73. The molecule has 2 aromatic carbocycles. The lowest BCUT2D eigenvalue weighted by Gasteiger charge is -2.13. The molecule has 2 aromatic rings. The minimum absolute atomic E-state index is 0.293. The molecular formula is C17H15Cl2NO. The summed E-state index contributed by atoms with van der Waals surface area (Å²) in [6.45, 7) is 2.56. The van der Waals surface area contributed by atoms with E-state index in [1.807, 2.05) is 31.2 Å². The maximum absolute atomic E-state index is 9.43. The topological polar surface area (TPSA) is 33.0 Å². The van der Waals surface area contributed by atoms with Crippen molar-refractivity contribution in [3.63, 3.8) is 0 Å². The van der Waals surface area contributed by atoms with Crippen molar-refractivity contribution in [2.24, 2.45) is 0 Å². The number of hydrogen-bond donors (Lipinski definition) is 0. The van der Waals surface area contributed by atoms with E-state index in [-0.39, 0.29) is 5.92 Å². The molecule has 0 fully saturated rings. The highest BCUT2D eigenvalue weighted by Crippen LogP contribution is 2.30. The van der Waals surface area contributed by atoms with Crippen LogP contribution in [-0.4, -0.2) is 6.61 Å². The normalized spacial score (nSPS) is 11.7. The lowest BCUT2D eigenvalue weighted by atomic mass is 9.93. The first-order valence-corrected chi connectivity index (χ1v) is 7.46. The van der Waals surface area contributed by atoms with Crippen molar-refractivity contribution in [2.75, 3.05) is 6.61 Å². The van der Waals surface area contributed by atoms with Gasteiger partial charge in [0.1, 0.15) is 5.75 Å². The monoisotopic (exact) mass is 319 g/mol. The Morgan fingerprint density at radius 2 is 1.71 bits per heavy atom. The molecule has 0 heterocycles. The number of ether oxygens (including phenoxy) is 1. The van der Waals surface area contributed by atoms with Gasteiger partial charge in [0.15, 0.2) is 0 Å². The predicted octanol–water partition coefficient (Wildman–Crippen LogP) is 5.24. The second-order valence-corrected chi connectivity index (χ2v) is 5.40. The molecule has 0 saturated carbocycles. The van der Waals surface area contributed by atoms with Gasteiger partial charge in [0.2, 0.25) is 0 Å². The molecule has 0 bridgehead atoms. The van der Waals surface area contributed by atoms with E-state index in [1.165, 1.54) is 0 Å². The van der Waals surface area contributed by atoms with Gasteiger partial charge in [0.05, 0.1) is 18.6 Å². The highest BCUT2D eigenvalue weighted by atomic mass is 35.5. The summed E-state index contributed by atoms with van der Waals surface area (Å²) >= 11 is 12.3. The fourth-order valence-electron chi connectivity index (χ4n) is 2.13. The van der Waals surface area contributed by atoms with Gasteiger partial charge in [0.25, 0.3) is 0 Å². The summed E-state index contributed by atoms with van der Waals surface area (Å²) in [5, 5.41) is 10.6. The number of hydrogen-bond acceptors (Lipinski definition) is 2. The quantitative estimate of drug-likeness (QED) is 0.754. The number of nitriles is 1. The molecule has 0 spiro atoms. The second kappa shape index (κ2) is 7.36. The Bertz CT molecular complexity index is 627. The average molecular weight is 320 g/mol. The molecule has 0 saturated heterocycles. The summed E-state index contributed by atoms with van der Waals surface area (Å²) < 4.78 is 5.41. The summed E-state index contributed by atoms with van der Waals surface area (Å²) in [4.78, 5) is 0. The molecule has 21 heavy (non-hydrogen) atoms. The Balaban J connectivity index is 2.22. The summed E-state index contributed by atoms with van der Waals surface area (Å²) in [5.74, 6) is 0.506. The maximum atomic E-state index is 9.43. The van der Waals surface area contributed by atoms with Crippen molar-refractivity contribution in [3.8, 4) is 11.8 Å². The number of halogens is 2. The first-order valence-electron chi connectivity index (χ1n) is 6.71. The molecule has 0 aliphatic carbocycles. The standard InChI is InChI=1S/C17H15Cl2NO/c1-2-21-14-8-6-12(7-9-14)13(11-20)10-15-16(18)4-3-5-17(15)19/h3-9,13H,2,10H2,1H3. The molecule has 0 aliphatic rings. The van der Waals surface area contributed by atoms with Gasteiger partial charge >= 0.3 is 0 Å². The SMILES string of the molecule is CCOc1ccc(C(C#N)Cc2c(Cl)cccc2Cl)cc1. The molecular weight excluding hydrogens is 305 g/mol. The third kappa shape index (κ3) is 3.91. The number of benzene rings is 2. The van der Waals surface area contributed by atoms with Crippen molar-refractivity contribution >= 4 is 23.2 Å². The van der Waals surface area contributed by atoms with E-state index >= 15 is 0 Å². The first-order chi connectivity index (χ1) is 10.2. The van der Waals surface area contributed by atoms with Crippen molar-refractivity contribution in [1.82, 2.24) is 0 Å². The molecule has 2 nitrogen and oxygen atoms in total. The van der Waals surface area contributed by atoms with Crippen LogP contribution in [0.15, 0.2) is 42.5 Å². The van der Waals surface area contributed by atoms with Crippen LogP contribution in [0.1, 0.15) is 24.0 Å². The van der Waals surface area contributed by atoms with Crippen LogP contribution in [0, 0.1) is 11.3 Å². The summed E-state index contributed by atoms with van der Waals surface area (Å²) in [6.07, 6.45) is 0.489. The molecule has 1 atom stereocenters. The van der Waals surface area contributed by atoms with Crippen LogP contribution in [0.25, 0.3) is 0 Å². The van der Waals surface area contributed by atoms with E-state index in [0.717, 1.165) is 16.9 Å². The number of nitrogens with zero attached hydrogens (tertiary/aromatic N) is 1. The van der Waals surface area contributed by atoms with Gasteiger partial charge in [-0.05, 0) is 48.7 Å². The van der Waals surface area contributed by atoms with E-state index in [1.54, 1.807) is 18.2 Å². The largest absolute Gasteiger partial charge is 0.494 e. The van der Waals surface area contributed by atoms with Gasteiger partial charge in [-0.3, -0.25) is 0 Å². The second-order valence-electron chi connectivity index (χ2n) is 4.59. The van der Waals surface area contributed by atoms with Crippen LogP contribution in [-0.2, 0) is 6.42 Å². The lowest BCUT2D eigenvalue weighted by Crippen LogP contribution is -2.02. The lowest BCUT2D eigenvalue weighted by molar-refractivity contribution is 0.340. The molecule has 0 N–H and O–H groups in total. The third-order valence-electron chi connectivity index (χ3n) is 3.22. The van der Waals surface area contributed by atoms with Crippen molar-refractivity contribution in [2.45, 2.75) is 19.3 Å². The van der Waals surface area contributed by atoms with E-state index in [9.17, 15) is 5.26 Å². The van der Waals surface area contributed by atoms with Gasteiger partial charge in [-0.25, -0.2) is 0 Å². The van der Waals surface area contributed by atoms with E-state index < -0.39 is 0 Å². The van der Waals surface area contributed by atoms with Gasteiger partial charge in [0, 0.05) is 10.0 Å². The Kier molecular flexibility index (Phi) is 5.50. The Hall–Kier alpha value is -1.69. The zero-order valence-electron chi connectivity index (χ0n) is 11.6. The van der Waals surface area contributed by atoms with Crippen LogP contribution >= 0.6 is 23.2 Å². The van der Waals surface area contributed by atoms with Crippen LogP contribution in [0.3, 0.4) is 0 Å². The molecule has 0 amide bonds. The average Bonchev–Trinajstić information content (AvgIpc) is 2.49. The molecule has 4 heteroatoms. The highest BCUT2D eigenvalue weighted by Gasteiger charge is 2.15. The zero-order chi connectivity index (χ0) is 15.2. The maximum Gasteiger partial charge on any atom is 0.119 e. The van der Waals surface area contributed by atoms with Gasteiger partial charge in [-0.15, -0.1) is 0 Å². The molecule has 1 unspecified atom stereocenters. The van der Waals surface area contributed by atoms with Gasteiger partial charge < -0.3 is 4.74 Å². The fourth-order valence-corrected chi connectivity index (χ4v) is 2.68. The fraction of sp³-hybridized carbons (Fsp3) is 0.235. The molecule has 108 valence electrons. The van der Waals surface area contributed by atoms with Gasteiger partial charge in [-0.2, -0.15) is 5.26 Å². The number of rotatable bonds is 5. The molecule has 0 radical (unpaired) electrons. The van der Waals surface area contributed by atoms with E-state index in [2.05, 4.69) is 6.07 Å². The van der Waals surface area contributed by atoms with Crippen LogP contribution < -0.4 is 4.74 Å². The molecule has 0 aromatic heterocycles. The Morgan fingerprint density at radius 3 is 2.24 bits per heavy atom. The smallest absolute Gasteiger partial charge is 0.119 e. The summed E-state index contributed by atoms with van der Waals surface area (Å²) in [7, 11) is 0. The Labute approximate surface area is 134 Å². The minimum atomic E-state index is -0.293. The minimum Gasteiger partial charge on any atom is -0.494 e. The van der Waals surface area contributed by atoms with E-state index in [4.69, 9.17) is 27.9 Å². The van der Waals surface area contributed by atoms with Crippen LogP contribution in [0.2, 0.25) is 10.0 Å². The van der Waals surface area contributed by atoms with Crippen molar-refractivity contribution in [3.05, 3.63) is 63.6 Å². The van der Waals surface area contributed by atoms with E-state index in [0.29, 0.717) is 23.1 Å². The van der Waals surface area contributed by atoms with Crippen molar-refractivity contribution in [1.29, 1.82) is 5.26 Å². The Morgan fingerprint density at radius 1 is 1.10 bits per heavy atom. The van der Waals surface area contributed by atoms with Crippen molar-refractivity contribution < 1.29 is 4.74 Å².